The van der Waals surface area contributed by atoms with Crippen molar-refractivity contribution >= 4 is 46.1 Å². The summed E-state index contributed by atoms with van der Waals surface area (Å²) in [7, 11) is 0. The van der Waals surface area contributed by atoms with Crippen LogP contribution in [0.25, 0.3) is 22.3 Å². The van der Waals surface area contributed by atoms with E-state index in [1.54, 1.807) is 13.8 Å². The maximum Gasteiger partial charge on any atom is 0.338 e. The van der Waals surface area contributed by atoms with Gasteiger partial charge in [0.15, 0.2) is 0 Å². The largest absolute Gasteiger partial charge is 0.423 e. The zero-order valence-electron chi connectivity index (χ0n) is 43.3. The van der Waals surface area contributed by atoms with Crippen molar-refractivity contribution in [3.8, 4) is 33.8 Å². The van der Waals surface area contributed by atoms with Crippen molar-refractivity contribution in [2.45, 2.75) is 81.1 Å². The summed E-state index contributed by atoms with van der Waals surface area (Å²) in [4.78, 5) is 29.4. The number of hydrogen-bond acceptors (Lipinski definition) is 6. The van der Waals surface area contributed by atoms with Gasteiger partial charge in [-0.1, -0.05) is 111 Å². The van der Waals surface area contributed by atoms with E-state index in [9.17, 15) is 9.59 Å². The molecule has 0 saturated carbocycles. The van der Waals surface area contributed by atoms with Crippen LogP contribution in [-0.4, -0.2) is 11.9 Å². The van der Waals surface area contributed by atoms with Crippen molar-refractivity contribution in [2.75, 3.05) is 9.80 Å². The minimum atomic E-state index is -0.455. The number of benzene rings is 8. The molecule has 0 N–H and O–H groups in total. The van der Waals surface area contributed by atoms with Crippen LogP contribution in [0.1, 0.15) is 78.6 Å². The standard InChI is InChI=1S/C66H64N2O4/c1-13-66(12,54-22-26-56(27-23-54)67(58-30-34-60(35-31-58)71-64(69)42(2)3)62-46(8)38-52(39-47(62)9)50-18-14-44(6)15-19-50)55-24-28-57(29-25-55)68(59-32-36-61(37-33-59)72-65(70)43(4)5)63-48(10)40-53(41-49(63)11)51-20-16-45(7)17-21-51/h14-41H,2,4,13H2,1,3,5-12H3. The first kappa shape index (κ1) is 50.2. The topological polar surface area (TPSA) is 59.1 Å². The highest BCUT2D eigenvalue weighted by Crippen LogP contribution is 2.45. The van der Waals surface area contributed by atoms with Gasteiger partial charge in [0.1, 0.15) is 11.5 Å². The Morgan fingerprint density at radius 3 is 0.972 bits per heavy atom. The van der Waals surface area contributed by atoms with Crippen molar-refractivity contribution in [2.24, 2.45) is 0 Å². The van der Waals surface area contributed by atoms with E-state index < -0.39 is 11.9 Å². The van der Waals surface area contributed by atoms with Gasteiger partial charge in [-0.3, -0.25) is 0 Å². The highest BCUT2D eigenvalue weighted by molar-refractivity contribution is 5.90. The van der Waals surface area contributed by atoms with E-state index >= 15 is 0 Å². The predicted molar refractivity (Wildman–Crippen MR) is 299 cm³/mol. The van der Waals surface area contributed by atoms with Crippen LogP contribution in [-0.2, 0) is 15.0 Å². The molecule has 8 aromatic rings. The van der Waals surface area contributed by atoms with Gasteiger partial charge in [-0.25, -0.2) is 9.59 Å². The second-order valence-corrected chi connectivity index (χ2v) is 19.4. The third-order valence-corrected chi connectivity index (χ3v) is 13.7. The summed E-state index contributed by atoms with van der Waals surface area (Å²) in [6.07, 6.45) is 0.866. The van der Waals surface area contributed by atoms with Gasteiger partial charge in [-0.05, 0) is 215 Å². The normalized spacial score (nSPS) is 11.2. The Bertz CT molecular complexity index is 3030. The van der Waals surface area contributed by atoms with E-state index in [1.165, 1.54) is 44.5 Å². The number of hydrogen-bond donors (Lipinski definition) is 0. The number of anilines is 6. The maximum absolute atomic E-state index is 12.4. The molecule has 0 heterocycles. The molecule has 0 radical (unpaired) electrons. The molecule has 6 nitrogen and oxygen atoms in total. The van der Waals surface area contributed by atoms with Crippen molar-refractivity contribution in [1.29, 1.82) is 0 Å². The van der Waals surface area contributed by atoms with Gasteiger partial charge in [-0.2, -0.15) is 0 Å². The van der Waals surface area contributed by atoms with Crippen LogP contribution in [0.5, 0.6) is 11.5 Å². The van der Waals surface area contributed by atoms with E-state index in [1.807, 2.05) is 48.5 Å². The van der Waals surface area contributed by atoms with Crippen LogP contribution in [0, 0.1) is 41.5 Å². The molecule has 0 bridgehead atoms. The van der Waals surface area contributed by atoms with Crippen molar-refractivity contribution < 1.29 is 19.1 Å². The van der Waals surface area contributed by atoms with Gasteiger partial charge in [0, 0.05) is 39.3 Å². The van der Waals surface area contributed by atoms with Crippen LogP contribution in [0.4, 0.5) is 34.1 Å². The SMILES string of the molecule is C=C(C)C(=O)Oc1ccc(N(c2ccc(C(C)(CC)c3ccc(N(c4ccc(OC(=O)C(=C)C)cc4)c4c(C)cc(-c5ccc(C)cc5)cc4C)cc3)cc2)c2c(C)cc(-c3ccc(C)cc3)cc2C)cc1. The summed E-state index contributed by atoms with van der Waals surface area (Å²) in [5.74, 6) is 0.00460. The third-order valence-electron chi connectivity index (χ3n) is 13.7. The number of carbonyl (C=O) groups is 2. The van der Waals surface area contributed by atoms with E-state index in [4.69, 9.17) is 9.47 Å². The van der Waals surface area contributed by atoms with Crippen LogP contribution in [0.2, 0.25) is 0 Å². The molecule has 0 saturated heterocycles. The van der Waals surface area contributed by atoms with Gasteiger partial charge in [-0.15, -0.1) is 0 Å². The second kappa shape index (κ2) is 21.0. The van der Waals surface area contributed by atoms with Gasteiger partial charge in [0.25, 0.3) is 0 Å². The molecular formula is C66H64N2O4. The van der Waals surface area contributed by atoms with E-state index in [2.05, 4.69) is 200 Å². The fourth-order valence-electron chi connectivity index (χ4n) is 9.50. The molecule has 6 heteroatoms. The number of aryl methyl sites for hydroxylation is 6. The summed E-state index contributed by atoms with van der Waals surface area (Å²) in [6.45, 7) is 28.2. The Morgan fingerprint density at radius 2 is 0.708 bits per heavy atom. The molecule has 0 aliphatic rings. The molecule has 0 atom stereocenters. The lowest BCUT2D eigenvalue weighted by Crippen LogP contribution is -2.23. The summed E-state index contributed by atoms with van der Waals surface area (Å²) < 4.78 is 11.2. The number of rotatable bonds is 15. The molecule has 0 spiro atoms. The van der Waals surface area contributed by atoms with Crippen LogP contribution >= 0.6 is 0 Å². The van der Waals surface area contributed by atoms with Gasteiger partial charge in [0.2, 0.25) is 0 Å². The van der Waals surface area contributed by atoms with Gasteiger partial charge < -0.3 is 19.3 Å². The number of esters is 2. The molecular weight excluding hydrogens is 885 g/mol. The third kappa shape index (κ3) is 10.6. The van der Waals surface area contributed by atoms with Crippen molar-refractivity contribution in [1.82, 2.24) is 0 Å². The fraction of sp³-hybridized carbons (Fsp3) is 0.182. The number of carbonyl (C=O) groups excluding carboxylic acids is 2. The Morgan fingerprint density at radius 1 is 0.431 bits per heavy atom. The number of ether oxygens (including phenoxy) is 2. The lowest BCUT2D eigenvalue weighted by molar-refractivity contribution is -0.130. The number of nitrogens with zero attached hydrogens (tertiary/aromatic N) is 2. The maximum atomic E-state index is 12.4. The first-order valence-corrected chi connectivity index (χ1v) is 24.6. The molecule has 8 rings (SSSR count). The quantitative estimate of drug-likeness (QED) is 0.0580. The summed E-state index contributed by atoms with van der Waals surface area (Å²) >= 11 is 0. The van der Waals surface area contributed by atoms with E-state index in [0.29, 0.717) is 22.6 Å². The minimum absolute atomic E-state index is 0.320. The zero-order valence-corrected chi connectivity index (χ0v) is 43.3. The molecule has 72 heavy (non-hydrogen) atoms. The molecule has 0 aliphatic carbocycles. The molecule has 0 aromatic heterocycles. The highest BCUT2D eigenvalue weighted by Gasteiger charge is 2.29. The second-order valence-electron chi connectivity index (χ2n) is 19.4. The predicted octanol–water partition coefficient (Wildman–Crippen LogP) is 17.5. The summed E-state index contributed by atoms with van der Waals surface area (Å²) in [6, 6.07) is 59.6. The first-order valence-electron chi connectivity index (χ1n) is 24.6. The summed E-state index contributed by atoms with van der Waals surface area (Å²) in [5.41, 5.74) is 20.5. The highest BCUT2D eigenvalue weighted by atomic mass is 16.5. The van der Waals surface area contributed by atoms with Gasteiger partial charge >= 0.3 is 11.9 Å². The Balaban J connectivity index is 1.16. The summed E-state index contributed by atoms with van der Waals surface area (Å²) in [5, 5.41) is 0. The Labute approximate surface area is 426 Å². The van der Waals surface area contributed by atoms with Crippen molar-refractivity contribution in [3.05, 3.63) is 239 Å². The van der Waals surface area contributed by atoms with Crippen LogP contribution < -0.4 is 19.3 Å². The van der Waals surface area contributed by atoms with Crippen LogP contribution in [0.15, 0.2) is 194 Å². The van der Waals surface area contributed by atoms with Gasteiger partial charge in [0.05, 0.1) is 11.4 Å². The molecule has 362 valence electrons. The molecule has 0 aliphatic heterocycles. The molecule has 8 aromatic carbocycles. The monoisotopic (exact) mass is 948 g/mol. The average molecular weight is 949 g/mol. The minimum Gasteiger partial charge on any atom is -0.423 e. The Hall–Kier alpha value is -8.22. The molecule has 0 fully saturated rings. The lowest BCUT2D eigenvalue weighted by Gasteiger charge is -2.33. The van der Waals surface area contributed by atoms with E-state index in [0.717, 1.165) is 62.8 Å². The fourth-order valence-corrected chi connectivity index (χ4v) is 9.50. The first-order chi connectivity index (χ1) is 34.4. The van der Waals surface area contributed by atoms with Crippen LogP contribution in [0.3, 0.4) is 0 Å². The average Bonchev–Trinajstić information content (AvgIpc) is 3.37. The van der Waals surface area contributed by atoms with E-state index in [-0.39, 0.29) is 5.41 Å². The molecule has 0 unspecified atom stereocenters. The van der Waals surface area contributed by atoms with Crippen molar-refractivity contribution in [3.63, 3.8) is 0 Å². The Kier molecular flexibility index (Phi) is 14.6. The molecule has 0 amide bonds. The lowest BCUT2D eigenvalue weighted by atomic mass is 9.74. The zero-order chi connectivity index (χ0) is 51.4. The smallest absolute Gasteiger partial charge is 0.338 e.